The van der Waals surface area contributed by atoms with Crippen molar-refractivity contribution in [3.8, 4) is 0 Å². The minimum Gasteiger partial charge on any atom is -0.478 e. The number of epoxide rings is 1. The van der Waals surface area contributed by atoms with E-state index in [1.54, 1.807) is 0 Å². The summed E-state index contributed by atoms with van der Waals surface area (Å²) in [6, 6.07) is 0. The molecule has 0 bridgehead atoms. The van der Waals surface area contributed by atoms with Crippen LogP contribution in [0.2, 0.25) is 0 Å². The monoisotopic (exact) mass is 114 g/mol. The van der Waals surface area contributed by atoms with Gasteiger partial charge in [0, 0.05) is 0 Å². The van der Waals surface area contributed by atoms with E-state index in [4.69, 9.17) is 5.11 Å². The second-order valence-corrected chi connectivity index (χ2v) is 1.30. The molecule has 1 fully saturated rings. The molecule has 0 aromatic carbocycles. The number of hydrogen-bond acceptors (Lipinski definition) is 3. The van der Waals surface area contributed by atoms with Crippen molar-refractivity contribution < 1.29 is 19.4 Å². The molecule has 1 rings (SSSR count). The zero-order valence-corrected chi connectivity index (χ0v) is 3.75. The second-order valence-electron chi connectivity index (χ2n) is 1.30. The first-order chi connectivity index (χ1) is 3.75. The molecule has 1 unspecified atom stereocenters. The normalized spacial score (nSPS) is 23.5. The van der Waals surface area contributed by atoms with Crippen molar-refractivity contribution in [3.63, 3.8) is 0 Å². The van der Waals surface area contributed by atoms with Crippen molar-refractivity contribution in [2.45, 2.75) is 6.10 Å². The fourth-order valence-corrected chi connectivity index (χ4v) is 0.333. The van der Waals surface area contributed by atoms with E-state index in [-0.39, 0.29) is 5.76 Å². The van der Waals surface area contributed by atoms with Crippen LogP contribution in [-0.4, -0.2) is 23.1 Å². The van der Waals surface area contributed by atoms with E-state index < -0.39 is 12.1 Å². The maximum atomic E-state index is 9.81. The summed E-state index contributed by atoms with van der Waals surface area (Å²) in [6.07, 6.45) is -1.01. The Kier molecular flexibility index (Phi) is 0.821. The SMILES string of the molecule is O=C=C1OC1C(=O)O. The van der Waals surface area contributed by atoms with Gasteiger partial charge in [-0.1, -0.05) is 0 Å². The topological polar surface area (TPSA) is 66.9 Å². The Morgan fingerprint density at radius 1 is 1.88 bits per heavy atom. The van der Waals surface area contributed by atoms with Gasteiger partial charge in [-0.3, -0.25) is 0 Å². The van der Waals surface area contributed by atoms with Crippen molar-refractivity contribution in [2.24, 2.45) is 0 Å². The molecule has 0 aliphatic carbocycles. The van der Waals surface area contributed by atoms with E-state index in [2.05, 4.69) is 4.74 Å². The number of carbonyl (C=O) groups is 1. The molecule has 0 amide bonds. The quantitative estimate of drug-likeness (QED) is 0.357. The summed E-state index contributed by atoms with van der Waals surface area (Å²) >= 11 is 0. The molecule has 1 N–H and O–H groups in total. The number of carbonyl (C=O) groups excluding carboxylic acids is 1. The number of aliphatic carboxylic acids is 1. The summed E-state index contributed by atoms with van der Waals surface area (Å²) in [7, 11) is 0. The third-order valence-electron chi connectivity index (χ3n) is 0.751. The molecule has 0 radical (unpaired) electrons. The second kappa shape index (κ2) is 1.35. The van der Waals surface area contributed by atoms with Gasteiger partial charge in [-0.15, -0.1) is 0 Å². The van der Waals surface area contributed by atoms with Gasteiger partial charge < -0.3 is 9.84 Å². The predicted molar refractivity (Wildman–Crippen MR) is 21.7 cm³/mol. The van der Waals surface area contributed by atoms with Crippen molar-refractivity contribution in [3.05, 3.63) is 5.76 Å². The van der Waals surface area contributed by atoms with Crippen molar-refractivity contribution in [1.82, 2.24) is 0 Å². The van der Waals surface area contributed by atoms with Crippen LogP contribution in [0.4, 0.5) is 0 Å². The summed E-state index contributed by atoms with van der Waals surface area (Å²) in [4.78, 5) is 19.3. The van der Waals surface area contributed by atoms with Gasteiger partial charge in [0.05, 0.1) is 0 Å². The average molecular weight is 114 g/mol. The van der Waals surface area contributed by atoms with Gasteiger partial charge in [0.2, 0.25) is 5.76 Å². The van der Waals surface area contributed by atoms with Gasteiger partial charge in [-0.2, -0.15) is 0 Å². The Morgan fingerprint density at radius 3 is 2.62 bits per heavy atom. The fraction of sp³-hybridized carbons (Fsp3) is 0.250. The van der Waals surface area contributed by atoms with Crippen LogP contribution in [0.15, 0.2) is 5.76 Å². The van der Waals surface area contributed by atoms with Crippen LogP contribution < -0.4 is 0 Å². The summed E-state index contributed by atoms with van der Waals surface area (Å²) in [5, 5.41) is 8.03. The standard InChI is InChI=1S/C4H2O4/c5-1-2-3(8-2)4(6)7/h3H,(H,6,7). The third-order valence-corrected chi connectivity index (χ3v) is 0.751. The average Bonchev–Trinajstić information content (AvgIpc) is 2.42. The molecular formula is C4H2O4. The first kappa shape index (κ1) is 4.87. The molecule has 4 heteroatoms. The minimum atomic E-state index is -1.14. The molecule has 4 nitrogen and oxygen atoms in total. The maximum Gasteiger partial charge on any atom is 0.353 e. The molecule has 1 heterocycles. The first-order valence-corrected chi connectivity index (χ1v) is 1.90. The van der Waals surface area contributed by atoms with Crippen LogP contribution in [0.3, 0.4) is 0 Å². The van der Waals surface area contributed by atoms with Gasteiger partial charge in [0.25, 0.3) is 6.10 Å². The molecular weight excluding hydrogens is 112 g/mol. The number of ether oxygens (including phenoxy) is 1. The number of carboxylic acids is 1. The van der Waals surface area contributed by atoms with E-state index in [0.29, 0.717) is 0 Å². The lowest BCUT2D eigenvalue weighted by Gasteiger charge is -1.70. The first-order valence-electron chi connectivity index (χ1n) is 1.90. The zero-order chi connectivity index (χ0) is 6.15. The van der Waals surface area contributed by atoms with Gasteiger partial charge >= 0.3 is 5.97 Å². The molecule has 1 aliphatic heterocycles. The lowest BCUT2D eigenvalue weighted by Crippen LogP contribution is -2.02. The highest BCUT2D eigenvalue weighted by Crippen LogP contribution is 2.22. The lowest BCUT2D eigenvalue weighted by atomic mass is 10.4. The molecule has 1 saturated heterocycles. The predicted octanol–water partition coefficient (Wildman–Crippen LogP) is -0.815. The largest absolute Gasteiger partial charge is 0.478 e. The highest BCUT2D eigenvalue weighted by atomic mass is 16.6. The van der Waals surface area contributed by atoms with Crippen LogP contribution in [0.1, 0.15) is 0 Å². The summed E-state index contributed by atoms with van der Waals surface area (Å²) < 4.78 is 4.22. The van der Waals surface area contributed by atoms with E-state index >= 15 is 0 Å². The van der Waals surface area contributed by atoms with Crippen LogP contribution in [0.25, 0.3) is 0 Å². The molecule has 42 valence electrons. The molecule has 8 heavy (non-hydrogen) atoms. The van der Waals surface area contributed by atoms with E-state index in [1.807, 2.05) is 0 Å². The fourth-order valence-electron chi connectivity index (χ4n) is 0.333. The summed E-state index contributed by atoms with van der Waals surface area (Å²) in [5.74, 6) is 0.0847. The molecule has 0 aromatic rings. The number of hydrogen-bond donors (Lipinski definition) is 1. The lowest BCUT2D eigenvalue weighted by molar-refractivity contribution is -0.138. The van der Waals surface area contributed by atoms with E-state index in [1.165, 1.54) is 5.94 Å². The van der Waals surface area contributed by atoms with Gasteiger partial charge in [0.1, 0.15) is 0 Å². The van der Waals surface area contributed by atoms with Gasteiger partial charge in [0.15, 0.2) is 5.94 Å². The Labute approximate surface area is 44.4 Å². The zero-order valence-electron chi connectivity index (χ0n) is 3.75. The maximum absolute atomic E-state index is 9.81. The highest BCUT2D eigenvalue weighted by Gasteiger charge is 2.41. The molecule has 0 saturated carbocycles. The third kappa shape index (κ3) is 0.568. The van der Waals surface area contributed by atoms with Crippen molar-refractivity contribution in [1.29, 1.82) is 0 Å². The Hall–Kier alpha value is -1.28. The molecule has 0 aromatic heterocycles. The summed E-state index contributed by atoms with van der Waals surface area (Å²) in [5.41, 5.74) is 0. The minimum absolute atomic E-state index is 0.113. The van der Waals surface area contributed by atoms with Crippen molar-refractivity contribution in [2.75, 3.05) is 0 Å². The van der Waals surface area contributed by atoms with Crippen molar-refractivity contribution >= 4 is 11.9 Å². The van der Waals surface area contributed by atoms with Gasteiger partial charge in [-0.05, 0) is 0 Å². The smallest absolute Gasteiger partial charge is 0.353 e. The Morgan fingerprint density at radius 2 is 2.50 bits per heavy atom. The summed E-state index contributed by atoms with van der Waals surface area (Å²) in [6.45, 7) is 0. The Balaban J connectivity index is 2.61. The number of carboxylic acid groups (broad SMARTS) is 1. The van der Waals surface area contributed by atoms with Crippen LogP contribution in [-0.2, 0) is 14.3 Å². The Bertz CT molecular complexity index is 176. The molecule has 1 aliphatic rings. The van der Waals surface area contributed by atoms with Crippen LogP contribution >= 0.6 is 0 Å². The van der Waals surface area contributed by atoms with Gasteiger partial charge in [-0.25, -0.2) is 9.59 Å². The van der Waals surface area contributed by atoms with E-state index in [9.17, 15) is 9.59 Å². The highest BCUT2D eigenvalue weighted by molar-refractivity contribution is 5.83. The van der Waals surface area contributed by atoms with E-state index in [0.717, 1.165) is 0 Å². The number of rotatable bonds is 1. The van der Waals surface area contributed by atoms with Crippen LogP contribution in [0.5, 0.6) is 0 Å². The molecule has 1 atom stereocenters. The van der Waals surface area contributed by atoms with Crippen LogP contribution in [0, 0.1) is 0 Å². The molecule has 0 spiro atoms.